The lowest BCUT2D eigenvalue weighted by atomic mass is 10.1. The van der Waals surface area contributed by atoms with Crippen LogP contribution in [0.3, 0.4) is 0 Å². The van der Waals surface area contributed by atoms with Gasteiger partial charge in [-0.25, -0.2) is 13.1 Å². The van der Waals surface area contributed by atoms with E-state index in [0.717, 1.165) is 6.42 Å². The van der Waals surface area contributed by atoms with Gasteiger partial charge < -0.3 is 0 Å². The van der Waals surface area contributed by atoms with Gasteiger partial charge in [-0.3, -0.25) is 0 Å². The van der Waals surface area contributed by atoms with Gasteiger partial charge in [0.1, 0.15) is 0 Å². The summed E-state index contributed by atoms with van der Waals surface area (Å²) in [6.45, 7) is 5.92. The highest BCUT2D eigenvalue weighted by molar-refractivity contribution is 7.89. The number of benzene rings is 1. The van der Waals surface area contributed by atoms with Gasteiger partial charge in [-0.05, 0) is 37.5 Å². The molecule has 0 amide bonds. The lowest BCUT2D eigenvalue weighted by Crippen LogP contribution is -2.33. The van der Waals surface area contributed by atoms with E-state index >= 15 is 0 Å². The van der Waals surface area contributed by atoms with Crippen LogP contribution in [0.25, 0.3) is 0 Å². The Kier molecular flexibility index (Phi) is 4.88. The fourth-order valence-electron chi connectivity index (χ4n) is 1.82. The van der Waals surface area contributed by atoms with Crippen molar-refractivity contribution in [2.75, 3.05) is 0 Å². The number of sulfonamides is 1. The number of hydrogen-bond donors (Lipinski definition) is 1. The highest BCUT2D eigenvalue weighted by atomic mass is 32.2. The van der Waals surface area contributed by atoms with E-state index < -0.39 is 10.0 Å². The van der Waals surface area contributed by atoms with E-state index in [9.17, 15) is 8.42 Å². The summed E-state index contributed by atoms with van der Waals surface area (Å²) in [5.41, 5.74) is 0.342. The SMILES string of the molecule is CC(C)CC(C)NS(=O)(=O)c1cccc(C#N)c1. The molecule has 0 fully saturated rings. The van der Waals surface area contributed by atoms with E-state index in [1.807, 2.05) is 26.8 Å². The first kappa shape index (κ1) is 14.7. The molecule has 98 valence electrons. The Hall–Kier alpha value is -1.38. The van der Waals surface area contributed by atoms with Gasteiger partial charge in [0.2, 0.25) is 10.0 Å². The van der Waals surface area contributed by atoms with Crippen molar-refractivity contribution in [3.8, 4) is 6.07 Å². The molecule has 1 unspecified atom stereocenters. The lowest BCUT2D eigenvalue weighted by molar-refractivity contribution is 0.482. The number of nitrogens with zero attached hydrogens (tertiary/aromatic N) is 1. The molecule has 0 aliphatic heterocycles. The van der Waals surface area contributed by atoms with Crippen molar-refractivity contribution in [3.63, 3.8) is 0 Å². The zero-order valence-corrected chi connectivity index (χ0v) is 11.7. The molecular formula is C13H18N2O2S. The molecule has 0 saturated carbocycles. The van der Waals surface area contributed by atoms with Crippen molar-refractivity contribution in [2.45, 2.75) is 38.1 Å². The van der Waals surface area contributed by atoms with Gasteiger partial charge in [0.15, 0.2) is 0 Å². The van der Waals surface area contributed by atoms with Crippen LogP contribution in [0.1, 0.15) is 32.8 Å². The van der Waals surface area contributed by atoms with Gasteiger partial charge in [-0.2, -0.15) is 5.26 Å². The molecule has 0 aliphatic carbocycles. The summed E-state index contributed by atoms with van der Waals surface area (Å²) in [5.74, 6) is 0.424. The van der Waals surface area contributed by atoms with Crippen molar-refractivity contribution < 1.29 is 8.42 Å². The van der Waals surface area contributed by atoms with Crippen LogP contribution in [0.15, 0.2) is 29.2 Å². The highest BCUT2D eigenvalue weighted by Gasteiger charge is 2.18. The Morgan fingerprint density at radius 2 is 2.00 bits per heavy atom. The van der Waals surface area contributed by atoms with E-state index in [1.54, 1.807) is 12.1 Å². The maximum Gasteiger partial charge on any atom is 0.240 e. The number of hydrogen-bond acceptors (Lipinski definition) is 3. The topological polar surface area (TPSA) is 70.0 Å². The zero-order chi connectivity index (χ0) is 13.8. The molecule has 0 aromatic heterocycles. The first-order valence-corrected chi connectivity index (χ1v) is 7.36. The minimum Gasteiger partial charge on any atom is -0.208 e. The Labute approximate surface area is 109 Å². The van der Waals surface area contributed by atoms with Gasteiger partial charge in [0.25, 0.3) is 0 Å². The van der Waals surface area contributed by atoms with Gasteiger partial charge in [-0.1, -0.05) is 19.9 Å². The van der Waals surface area contributed by atoms with Crippen molar-refractivity contribution in [2.24, 2.45) is 5.92 Å². The normalized spacial score (nSPS) is 13.3. The van der Waals surface area contributed by atoms with Crippen LogP contribution in [-0.2, 0) is 10.0 Å². The second-order valence-electron chi connectivity index (χ2n) is 4.79. The molecule has 0 heterocycles. The first-order chi connectivity index (χ1) is 8.35. The third-order valence-corrected chi connectivity index (χ3v) is 4.04. The Morgan fingerprint density at radius 3 is 2.56 bits per heavy atom. The summed E-state index contributed by atoms with van der Waals surface area (Å²) in [6.07, 6.45) is 0.775. The monoisotopic (exact) mass is 266 g/mol. The van der Waals surface area contributed by atoms with Crippen molar-refractivity contribution >= 4 is 10.0 Å². The predicted octanol–water partition coefficient (Wildman–Crippen LogP) is 2.27. The summed E-state index contributed by atoms with van der Waals surface area (Å²) in [6, 6.07) is 7.83. The fourth-order valence-corrected chi connectivity index (χ4v) is 3.12. The molecule has 0 spiro atoms. The molecule has 0 radical (unpaired) electrons. The highest BCUT2D eigenvalue weighted by Crippen LogP contribution is 2.13. The van der Waals surface area contributed by atoms with E-state index in [1.165, 1.54) is 12.1 Å². The maximum absolute atomic E-state index is 12.1. The summed E-state index contributed by atoms with van der Waals surface area (Å²) in [4.78, 5) is 0.136. The predicted molar refractivity (Wildman–Crippen MR) is 70.4 cm³/mol. The zero-order valence-electron chi connectivity index (χ0n) is 10.8. The van der Waals surface area contributed by atoms with E-state index in [4.69, 9.17) is 5.26 Å². The molecule has 0 aliphatic rings. The lowest BCUT2D eigenvalue weighted by Gasteiger charge is -2.16. The first-order valence-electron chi connectivity index (χ1n) is 5.87. The van der Waals surface area contributed by atoms with Crippen LogP contribution >= 0.6 is 0 Å². The molecular weight excluding hydrogens is 248 g/mol. The second-order valence-corrected chi connectivity index (χ2v) is 6.51. The quantitative estimate of drug-likeness (QED) is 0.888. The van der Waals surface area contributed by atoms with Crippen LogP contribution in [-0.4, -0.2) is 14.5 Å². The summed E-state index contributed by atoms with van der Waals surface area (Å²) >= 11 is 0. The maximum atomic E-state index is 12.1. The average Bonchev–Trinajstić information content (AvgIpc) is 2.27. The van der Waals surface area contributed by atoms with Gasteiger partial charge in [0, 0.05) is 6.04 Å². The average molecular weight is 266 g/mol. The fraction of sp³-hybridized carbons (Fsp3) is 0.462. The van der Waals surface area contributed by atoms with E-state index in [0.29, 0.717) is 11.5 Å². The smallest absolute Gasteiger partial charge is 0.208 e. The second kappa shape index (κ2) is 5.98. The standard InChI is InChI=1S/C13H18N2O2S/c1-10(2)7-11(3)15-18(16,17)13-6-4-5-12(8-13)9-14/h4-6,8,10-11,15H,7H2,1-3H3. The van der Waals surface area contributed by atoms with Crippen LogP contribution in [0, 0.1) is 17.2 Å². The van der Waals surface area contributed by atoms with Gasteiger partial charge in [0.05, 0.1) is 16.5 Å². The number of rotatable bonds is 5. The van der Waals surface area contributed by atoms with Crippen LogP contribution in [0.2, 0.25) is 0 Å². The van der Waals surface area contributed by atoms with Gasteiger partial charge in [-0.15, -0.1) is 0 Å². The summed E-state index contributed by atoms with van der Waals surface area (Å²) in [7, 11) is -3.54. The van der Waals surface area contributed by atoms with Crippen molar-refractivity contribution in [3.05, 3.63) is 29.8 Å². The molecule has 0 bridgehead atoms. The molecule has 18 heavy (non-hydrogen) atoms. The molecule has 1 aromatic rings. The Bertz CT molecular complexity index is 544. The van der Waals surface area contributed by atoms with Crippen LogP contribution < -0.4 is 4.72 Å². The molecule has 1 N–H and O–H groups in total. The van der Waals surface area contributed by atoms with E-state index in [2.05, 4.69) is 4.72 Å². The summed E-state index contributed by atoms with van der Waals surface area (Å²) < 4.78 is 26.8. The minimum atomic E-state index is -3.54. The Balaban J connectivity index is 2.90. The Morgan fingerprint density at radius 1 is 1.33 bits per heavy atom. The number of nitrogens with one attached hydrogen (secondary N) is 1. The minimum absolute atomic E-state index is 0.124. The third kappa shape index (κ3) is 4.13. The molecule has 1 rings (SSSR count). The van der Waals surface area contributed by atoms with Crippen molar-refractivity contribution in [1.82, 2.24) is 4.72 Å². The molecule has 1 aromatic carbocycles. The van der Waals surface area contributed by atoms with Gasteiger partial charge >= 0.3 is 0 Å². The number of nitriles is 1. The molecule has 5 heteroatoms. The van der Waals surface area contributed by atoms with Crippen LogP contribution in [0.5, 0.6) is 0 Å². The third-order valence-electron chi connectivity index (χ3n) is 2.45. The van der Waals surface area contributed by atoms with Crippen LogP contribution in [0.4, 0.5) is 0 Å². The molecule has 1 atom stereocenters. The molecule has 0 saturated heterocycles. The molecule has 4 nitrogen and oxygen atoms in total. The van der Waals surface area contributed by atoms with E-state index in [-0.39, 0.29) is 10.9 Å². The largest absolute Gasteiger partial charge is 0.240 e. The van der Waals surface area contributed by atoms with Crippen molar-refractivity contribution in [1.29, 1.82) is 5.26 Å². The summed E-state index contributed by atoms with van der Waals surface area (Å²) in [5, 5.41) is 8.76.